The molecule has 3 aromatic rings. The zero-order valence-corrected chi connectivity index (χ0v) is 19.0. The van der Waals surface area contributed by atoms with Gasteiger partial charge in [-0.25, -0.2) is 0 Å². The molecule has 0 spiro atoms. The fraction of sp³-hybridized carbons (Fsp3) is 0.286. The van der Waals surface area contributed by atoms with Crippen LogP contribution in [0.3, 0.4) is 0 Å². The van der Waals surface area contributed by atoms with Gasteiger partial charge in [-0.1, -0.05) is 45.4 Å². The maximum absolute atomic E-state index is 12.3. The van der Waals surface area contributed by atoms with Crippen molar-refractivity contribution in [2.45, 2.75) is 39.1 Å². The third kappa shape index (κ3) is 5.83. The predicted molar refractivity (Wildman–Crippen MR) is 119 cm³/mol. The van der Waals surface area contributed by atoms with Gasteiger partial charge in [-0.2, -0.15) is 0 Å². The summed E-state index contributed by atoms with van der Waals surface area (Å²) in [7, 11) is 0. The number of amides is 1. The third-order valence-corrected chi connectivity index (χ3v) is 5.75. The van der Waals surface area contributed by atoms with Crippen molar-refractivity contribution < 1.29 is 9.53 Å². The first-order chi connectivity index (χ1) is 14.0. The van der Waals surface area contributed by atoms with Crippen molar-refractivity contribution in [3.8, 4) is 5.75 Å². The number of halogens is 1. The highest BCUT2D eigenvalue weighted by atomic mass is 79.9. The molecule has 0 saturated heterocycles. The first-order valence-electron chi connectivity index (χ1n) is 9.26. The number of rotatable bonds is 8. The number of nitrogens with one attached hydrogen (secondary N) is 1. The number of thioether (sulfide) groups is 1. The lowest BCUT2D eigenvalue weighted by molar-refractivity contribution is -0.113. The van der Waals surface area contributed by atoms with E-state index in [9.17, 15) is 4.79 Å². The van der Waals surface area contributed by atoms with Crippen LogP contribution in [-0.2, 0) is 17.9 Å². The quantitative estimate of drug-likeness (QED) is 0.465. The van der Waals surface area contributed by atoms with Crippen molar-refractivity contribution in [1.82, 2.24) is 14.8 Å². The Morgan fingerprint density at radius 3 is 2.62 bits per heavy atom. The van der Waals surface area contributed by atoms with E-state index in [1.54, 1.807) is 0 Å². The number of carbonyl (C=O) groups is 1. The SMILES string of the molecule is CCn1c(COc2ccc(C)cc2)nnc1SCC(=O)Nc1ccc(Br)cc1C. The molecule has 3 rings (SSSR count). The van der Waals surface area contributed by atoms with Crippen molar-refractivity contribution in [3.63, 3.8) is 0 Å². The maximum atomic E-state index is 12.3. The molecule has 0 aliphatic rings. The van der Waals surface area contributed by atoms with Crippen molar-refractivity contribution in [3.05, 3.63) is 63.9 Å². The molecule has 1 heterocycles. The number of aromatic nitrogens is 3. The molecule has 0 unspecified atom stereocenters. The summed E-state index contributed by atoms with van der Waals surface area (Å²) in [4.78, 5) is 12.3. The number of ether oxygens (including phenoxy) is 1. The van der Waals surface area contributed by atoms with E-state index in [-0.39, 0.29) is 11.7 Å². The van der Waals surface area contributed by atoms with Gasteiger partial charge in [0.05, 0.1) is 5.75 Å². The highest BCUT2D eigenvalue weighted by Crippen LogP contribution is 2.22. The molecule has 0 aliphatic heterocycles. The molecule has 152 valence electrons. The fourth-order valence-corrected chi connectivity index (χ4v) is 4.01. The number of benzene rings is 2. The number of hydrogen-bond acceptors (Lipinski definition) is 5. The van der Waals surface area contributed by atoms with Crippen LogP contribution in [0.15, 0.2) is 52.1 Å². The molecule has 1 N–H and O–H groups in total. The molecule has 1 amide bonds. The van der Waals surface area contributed by atoms with Gasteiger partial charge in [-0.15, -0.1) is 10.2 Å². The molecule has 0 radical (unpaired) electrons. The van der Waals surface area contributed by atoms with Gasteiger partial charge in [-0.3, -0.25) is 4.79 Å². The van der Waals surface area contributed by atoms with Crippen molar-refractivity contribution in [1.29, 1.82) is 0 Å². The van der Waals surface area contributed by atoms with E-state index in [2.05, 4.69) is 31.4 Å². The highest BCUT2D eigenvalue weighted by molar-refractivity contribution is 9.10. The second-order valence-electron chi connectivity index (χ2n) is 6.54. The van der Waals surface area contributed by atoms with E-state index in [0.717, 1.165) is 27.3 Å². The summed E-state index contributed by atoms with van der Waals surface area (Å²) in [5.41, 5.74) is 3.00. The fourth-order valence-electron chi connectivity index (χ4n) is 2.72. The molecular weight excluding hydrogens is 452 g/mol. The molecule has 8 heteroatoms. The normalized spacial score (nSPS) is 10.8. The topological polar surface area (TPSA) is 69.0 Å². The average Bonchev–Trinajstić information content (AvgIpc) is 3.10. The third-order valence-electron chi connectivity index (χ3n) is 4.29. The van der Waals surface area contributed by atoms with Crippen LogP contribution in [0.2, 0.25) is 0 Å². The number of anilines is 1. The van der Waals surface area contributed by atoms with Crippen LogP contribution in [0.25, 0.3) is 0 Å². The lowest BCUT2D eigenvalue weighted by Crippen LogP contribution is -2.15. The summed E-state index contributed by atoms with van der Waals surface area (Å²) in [5, 5.41) is 12.1. The molecule has 2 aromatic carbocycles. The Kier molecular flexibility index (Phi) is 7.33. The standard InChI is InChI=1S/C21H23BrN4O2S/c1-4-26-19(12-28-17-8-5-14(2)6-9-17)24-25-21(26)29-13-20(27)23-18-10-7-16(22)11-15(18)3/h5-11H,4,12-13H2,1-3H3,(H,23,27). The summed E-state index contributed by atoms with van der Waals surface area (Å²) in [5.74, 6) is 1.70. The summed E-state index contributed by atoms with van der Waals surface area (Å²) < 4.78 is 8.77. The molecule has 0 saturated carbocycles. The molecule has 0 fully saturated rings. The molecule has 0 bridgehead atoms. The Hall–Kier alpha value is -2.32. The number of hydrogen-bond donors (Lipinski definition) is 1. The summed E-state index contributed by atoms with van der Waals surface area (Å²) in [6.45, 7) is 7.05. The van der Waals surface area contributed by atoms with E-state index in [4.69, 9.17) is 4.74 Å². The van der Waals surface area contributed by atoms with E-state index < -0.39 is 0 Å². The van der Waals surface area contributed by atoms with E-state index >= 15 is 0 Å². The number of carbonyl (C=O) groups excluding carboxylic acids is 1. The smallest absolute Gasteiger partial charge is 0.234 e. The summed E-state index contributed by atoms with van der Waals surface area (Å²) in [6, 6.07) is 13.6. The van der Waals surface area contributed by atoms with Crippen LogP contribution in [0.5, 0.6) is 5.75 Å². The van der Waals surface area contributed by atoms with Gasteiger partial charge in [0.25, 0.3) is 0 Å². The van der Waals surface area contributed by atoms with Crippen LogP contribution in [-0.4, -0.2) is 26.4 Å². The van der Waals surface area contributed by atoms with Crippen molar-refractivity contribution in [2.24, 2.45) is 0 Å². The summed E-state index contributed by atoms with van der Waals surface area (Å²) in [6.07, 6.45) is 0. The first-order valence-corrected chi connectivity index (χ1v) is 11.0. The van der Waals surface area contributed by atoms with Gasteiger partial charge < -0.3 is 14.6 Å². The van der Waals surface area contributed by atoms with E-state index in [0.29, 0.717) is 18.3 Å². The van der Waals surface area contributed by atoms with Gasteiger partial charge in [0, 0.05) is 16.7 Å². The second kappa shape index (κ2) is 9.93. The summed E-state index contributed by atoms with van der Waals surface area (Å²) >= 11 is 4.79. The minimum atomic E-state index is -0.0801. The number of nitrogens with zero attached hydrogens (tertiary/aromatic N) is 3. The van der Waals surface area contributed by atoms with Crippen molar-refractivity contribution >= 4 is 39.3 Å². The van der Waals surface area contributed by atoms with Gasteiger partial charge in [0.2, 0.25) is 5.91 Å². The lowest BCUT2D eigenvalue weighted by atomic mass is 10.2. The van der Waals surface area contributed by atoms with Crippen LogP contribution in [0, 0.1) is 13.8 Å². The molecule has 0 atom stereocenters. The predicted octanol–water partition coefficient (Wildman–Crippen LogP) is 4.99. The lowest BCUT2D eigenvalue weighted by Gasteiger charge is -2.10. The zero-order valence-electron chi connectivity index (χ0n) is 16.6. The Balaban J connectivity index is 1.58. The van der Waals surface area contributed by atoms with E-state index in [1.165, 1.54) is 17.3 Å². The average molecular weight is 475 g/mol. The Bertz CT molecular complexity index is 989. The number of aryl methyl sites for hydroxylation is 2. The molecule has 1 aromatic heterocycles. The van der Waals surface area contributed by atoms with Crippen LogP contribution in [0.4, 0.5) is 5.69 Å². The Morgan fingerprint density at radius 2 is 1.93 bits per heavy atom. The Morgan fingerprint density at radius 1 is 1.17 bits per heavy atom. The van der Waals surface area contributed by atoms with Gasteiger partial charge >= 0.3 is 0 Å². The molecule has 6 nitrogen and oxygen atoms in total. The largest absolute Gasteiger partial charge is 0.486 e. The minimum Gasteiger partial charge on any atom is -0.486 e. The molecular formula is C21H23BrN4O2S. The highest BCUT2D eigenvalue weighted by Gasteiger charge is 2.14. The van der Waals surface area contributed by atoms with E-state index in [1.807, 2.05) is 67.8 Å². The van der Waals surface area contributed by atoms with Crippen molar-refractivity contribution in [2.75, 3.05) is 11.1 Å². The van der Waals surface area contributed by atoms with Crippen LogP contribution in [0.1, 0.15) is 23.9 Å². The van der Waals surface area contributed by atoms with Gasteiger partial charge in [0.15, 0.2) is 11.0 Å². The van der Waals surface area contributed by atoms with Gasteiger partial charge in [-0.05, 0) is 56.7 Å². The van der Waals surface area contributed by atoms with Crippen LogP contribution < -0.4 is 10.1 Å². The maximum Gasteiger partial charge on any atom is 0.234 e. The molecule has 0 aliphatic carbocycles. The van der Waals surface area contributed by atoms with Crippen LogP contribution >= 0.6 is 27.7 Å². The second-order valence-corrected chi connectivity index (χ2v) is 8.40. The zero-order chi connectivity index (χ0) is 20.8. The first kappa shape index (κ1) is 21.4. The Labute approximate surface area is 183 Å². The minimum absolute atomic E-state index is 0.0801. The van der Waals surface area contributed by atoms with Gasteiger partial charge in [0.1, 0.15) is 12.4 Å². The molecule has 29 heavy (non-hydrogen) atoms. The monoisotopic (exact) mass is 474 g/mol.